The zero-order chi connectivity index (χ0) is 19.9. The van der Waals surface area contributed by atoms with Gasteiger partial charge in [-0.15, -0.1) is 24.0 Å². The van der Waals surface area contributed by atoms with Gasteiger partial charge in [0.2, 0.25) is 5.91 Å². The molecule has 2 aromatic rings. The van der Waals surface area contributed by atoms with Crippen molar-refractivity contribution >= 4 is 41.5 Å². The fraction of sp³-hybridized carbons (Fsp3) is 0.391. The second-order valence-electron chi connectivity index (χ2n) is 7.49. The molecule has 1 amide bonds. The average Bonchev–Trinajstić information content (AvgIpc) is 3.12. The van der Waals surface area contributed by atoms with Gasteiger partial charge in [-0.25, -0.2) is 4.99 Å². The van der Waals surface area contributed by atoms with E-state index in [-0.39, 0.29) is 29.9 Å². The Hall–Kier alpha value is -2.09. The summed E-state index contributed by atoms with van der Waals surface area (Å²) in [6, 6.07) is 16.6. The third kappa shape index (κ3) is 6.73. The standard InChI is InChI=1S/C23H30N4O.HI/c1-3-17(2)20-10-12-21(13-11-20)26-23(24)25-15-18-6-8-19(9-7-18)16-27-14-4-5-22(27)28;/h6-13,17H,3-5,14-16H2,1-2H3,(H3,24,25,26);1H. The number of amides is 1. The summed E-state index contributed by atoms with van der Waals surface area (Å²) in [6.45, 7) is 6.50. The largest absolute Gasteiger partial charge is 0.370 e. The van der Waals surface area contributed by atoms with Crippen molar-refractivity contribution in [2.45, 2.75) is 52.1 Å². The number of anilines is 1. The van der Waals surface area contributed by atoms with Crippen LogP contribution >= 0.6 is 24.0 Å². The molecule has 2 aromatic carbocycles. The Labute approximate surface area is 190 Å². The Kier molecular flexibility index (Phi) is 8.95. The highest BCUT2D eigenvalue weighted by atomic mass is 127. The lowest BCUT2D eigenvalue weighted by Crippen LogP contribution is -2.23. The molecule has 0 aliphatic carbocycles. The monoisotopic (exact) mass is 506 g/mol. The second-order valence-corrected chi connectivity index (χ2v) is 7.49. The number of nitrogens with one attached hydrogen (secondary N) is 1. The van der Waals surface area contributed by atoms with Crippen molar-refractivity contribution in [3.63, 3.8) is 0 Å². The Morgan fingerprint density at radius 3 is 2.38 bits per heavy atom. The minimum atomic E-state index is 0. The topological polar surface area (TPSA) is 70.7 Å². The van der Waals surface area contributed by atoms with Crippen LogP contribution < -0.4 is 11.1 Å². The molecule has 29 heavy (non-hydrogen) atoms. The van der Waals surface area contributed by atoms with Crippen LogP contribution in [0.2, 0.25) is 0 Å². The molecular formula is C23H31IN4O. The second kappa shape index (κ2) is 11.2. The maximum Gasteiger partial charge on any atom is 0.222 e. The maximum atomic E-state index is 11.7. The van der Waals surface area contributed by atoms with E-state index in [0.717, 1.165) is 36.2 Å². The summed E-state index contributed by atoms with van der Waals surface area (Å²) in [4.78, 5) is 18.1. The molecule has 1 aliphatic rings. The van der Waals surface area contributed by atoms with Crippen molar-refractivity contribution in [3.05, 3.63) is 65.2 Å². The van der Waals surface area contributed by atoms with Gasteiger partial charge in [-0.05, 0) is 47.6 Å². The van der Waals surface area contributed by atoms with Crippen LogP contribution in [0, 0.1) is 0 Å². The predicted octanol–water partition coefficient (Wildman–Crippen LogP) is 4.87. The van der Waals surface area contributed by atoms with Crippen molar-refractivity contribution in [2.75, 3.05) is 11.9 Å². The highest BCUT2D eigenvalue weighted by molar-refractivity contribution is 14.0. The molecule has 0 radical (unpaired) electrons. The van der Waals surface area contributed by atoms with E-state index >= 15 is 0 Å². The first kappa shape index (κ1) is 23.2. The van der Waals surface area contributed by atoms with Gasteiger partial charge in [0.1, 0.15) is 0 Å². The number of benzene rings is 2. The van der Waals surface area contributed by atoms with Gasteiger partial charge < -0.3 is 16.0 Å². The molecule has 1 unspecified atom stereocenters. The van der Waals surface area contributed by atoms with E-state index in [4.69, 9.17) is 5.73 Å². The van der Waals surface area contributed by atoms with E-state index in [2.05, 4.69) is 48.4 Å². The van der Waals surface area contributed by atoms with E-state index in [1.165, 1.54) is 5.56 Å². The van der Waals surface area contributed by atoms with Gasteiger partial charge in [0.05, 0.1) is 6.54 Å². The van der Waals surface area contributed by atoms with Crippen molar-refractivity contribution in [2.24, 2.45) is 10.7 Å². The van der Waals surface area contributed by atoms with Crippen molar-refractivity contribution in [3.8, 4) is 0 Å². The first-order chi connectivity index (χ1) is 13.5. The Bertz CT molecular complexity index is 818. The minimum Gasteiger partial charge on any atom is -0.370 e. The van der Waals surface area contributed by atoms with Crippen LogP contribution in [-0.2, 0) is 17.9 Å². The van der Waals surface area contributed by atoms with Crippen LogP contribution in [0.4, 0.5) is 5.69 Å². The number of carbonyl (C=O) groups excluding carboxylic acids is 1. The predicted molar refractivity (Wildman–Crippen MR) is 131 cm³/mol. The minimum absolute atomic E-state index is 0. The van der Waals surface area contributed by atoms with Gasteiger partial charge in [0.15, 0.2) is 5.96 Å². The zero-order valence-electron chi connectivity index (χ0n) is 17.2. The van der Waals surface area contributed by atoms with E-state index < -0.39 is 0 Å². The molecule has 1 saturated heterocycles. The van der Waals surface area contributed by atoms with E-state index in [1.54, 1.807) is 0 Å². The molecule has 1 aliphatic heterocycles. The average molecular weight is 506 g/mol. The summed E-state index contributed by atoms with van der Waals surface area (Å²) < 4.78 is 0. The highest BCUT2D eigenvalue weighted by Crippen LogP contribution is 2.20. The fourth-order valence-corrected chi connectivity index (χ4v) is 3.34. The number of hydrogen-bond acceptors (Lipinski definition) is 2. The van der Waals surface area contributed by atoms with Crippen molar-refractivity contribution in [1.82, 2.24) is 4.90 Å². The number of guanidine groups is 1. The third-order valence-corrected chi connectivity index (χ3v) is 5.36. The fourth-order valence-electron chi connectivity index (χ4n) is 3.34. The summed E-state index contributed by atoms with van der Waals surface area (Å²) in [6.07, 6.45) is 2.78. The summed E-state index contributed by atoms with van der Waals surface area (Å²) in [5.41, 5.74) is 10.5. The lowest BCUT2D eigenvalue weighted by molar-refractivity contribution is -0.128. The van der Waals surface area contributed by atoms with Crippen molar-refractivity contribution < 1.29 is 4.79 Å². The number of hydrogen-bond donors (Lipinski definition) is 2. The Balaban J connectivity index is 0.00000300. The lowest BCUT2D eigenvalue weighted by Gasteiger charge is -2.15. The molecule has 3 rings (SSSR count). The lowest BCUT2D eigenvalue weighted by atomic mass is 9.99. The number of aliphatic imine (C=N–C) groups is 1. The smallest absolute Gasteiger partial charge is 0.222 e. The normalized spacial score (nSPS) is 15.2. The van der Waals surface area contributed by atoms with Crippen LogP contribution in [0.15, 0.2) is 53.5 Å². The van der Waals surface area contributed by atoms with Gasteiger partial charge in [-0.2, -0.15) is 0 Å². The molecule has 1 atom stereocenters. The van der Waals surface area contributed by atoms with E-state index in [1.807, 2.05) is 29.2 Å². The molecular weight excluding hydrogens is 475 g/mol. The number of nitrogens with two attached hydrogens (primary N) is 1. The highest BCUT2D eigenvalue weighted by Gasteiger charge is 2.19. The van der Waals surface area contributed by atoms with E-state index in [9.17, 15) is 4.79 Å². The van der Waals surface area contributed by atoms with Crippen LogP contribution in [0.25, 0.3) is 0 Å². The Morgan fingerprint density at radius 1 is 1.14 bits per heavy atom. The van der Waals surface area contributed by atoms with Crippen LogP contribution in [0.5, 0.6) is 0 Å². The number of rotatable bonds is 7. The van der Waals surface area contributed by atoms with Crippen LogP contribution in [0.1, 0.15) is 55.7 Å². The molecule has 1 heterocycles. The molecule has 1 fully saturated rings. The number of halogens is 1. The molecule has 0 saturated carbocycles. The third-order valence-electron chi connectivity index (χ3n) is 5.36. The quantitative estimate of drug-likeness (QED) is 0.320. The summed E-state index contributed by atoms with van der Waals surface area (Å²) in [5.74, 6) is 1.22. The SMILES string of the molecule is CCC(C)c1ccc(NC(N)=NCc2ccc(CN3CCCC3=O)cc2)cc1.I. The molecule has 6 heteroatoms. The summed E-state index contributed by atoms with van der Waals surface area (Å²) in [7, 11) is 0. The van der Waals surface area contributed by atoms with Gasteiger partial charge in [0.25, 0.3) is 0 Å². The van der Waals surface area contributed by atoms with Gasteiger partial charge in [-0.1, -0.05) is 50.2 Å². The zero-order valence-corrected chi connectivity index (χ0v) is 19.6. The summed E-state index contributed by atoms with van der Waals surface area (Å²) in [5, 5.41) is 3.14. The van der Waals surface area contributed by atoms with Gasteiger partial charge in [0, 0.05) is 25.2 Å². The van der Waals surface area contributed by atoms with E-state index in [0.29, 0.717) is 31.4 Å². The first-order valence-electron chi connectivity index (χ1n) is 10.1. The molecule has 0 aromatic heterocycles. The van der Waals surface area contributed by atoms with Crippen LogP contribution in [0.3, 0.4) is 0 Å². The summed E-state index contributed by atoms with van der Waals surface area (Å²) >= 11 is 0. The number of likely N-dealkylation sites (tertiary alicyclic amines) is 1. The Morgan fingerprint density at radius 2 is 1.79 bits per heavy atom. The number of carbonyl (C=O) groups is 1. The molecule has 0 bridgehead atoms. The molecule has 5 nitrogen and oxygen atoms in total. The number of nitrogens with zero attached hydrogens (tertiary/aromatic N) is 2. The first-order valence-corrected chi connectivity index (χ1v) is 10.1. The molecule has 156 valence electrons. The van der Waals surface area contributed by atoms with Gasteiger partial charge in [-0.3, -0.25) is 4.79 Å². The molecule has 0 spiro atoms. The maximum absolute atomic E-state index is 11.7. The molecule has 3 N–H and O–H groups in total. The van der Waals surface area contributed by atoms with Crippen molar-refractivity contribution in [1.29, 1.82) is 0 Å². The van der Waals surface area contributed by atoms with Crippen LogP contribution in [-0.4, -0.2) is 23.3 Å². The van der Waals surface area contributed by atoms with Gasteiger partial charge >= 0.3 is 0 Å².